The Balaban J connectivity index is 1.75. The molecule has 194 valence electrons. The van der Waals surface area contributed by atoms with Crippen molar-refractivity contribution in [2.45, 2.75) is 81.9 Å². The van der Waals surface area contributed by atoms with E-state index in [2.05, 4.69) is 40.7 Å². The smallest absolute Gasteiger partial charge is 0.311 e. The van der Waals surface area contributed by atoms with E-state index in [0.29, 0.717) is 25.9 Å². The molecule has 0 aromatic rings. The Morgan fingerprint density at radius 2 is 1.83 bits per heavy atom. The standard InChI is InChI=1S/C27H40N2O5S/c1-25(2,3)17-26(4,5)29-14-10-12-27-20(19-18(35-27)11-9-16-34-24(19)33)22(31)28(21(27)23(29)32)13-7-6-8-15-30/h9-12,18-21,30H,6-8,13-17H2,1-5H3/t18-,19+,20+,21?,27+/m1/s1. The topological polar surface area (TPSA) is 87.2 Å². The average Bonchev–Trinajstić information content (AvgIpc) is 3.03. The first-order valence-corrected chi connectivity index (χ1v) is 13.7. The second kappa shape index (κ2) is 9.58. The Kier molecular flexibility index (Phi) is 7.19. The van der Waals surface area contributed by atoms with Crippen LogP contribution in [-0.2, 0) is 19.1 Å². The molecule has 1 N–H and O–H groups in total. The zero-order chi connectivity index (χ0) is 25.6. The summed E-state index contributed by atoms with van der Waals surface area (Å²) in [6.07, 6.45) is 10.9. The molecule has 4 heterocycles. The fraction of sp³-hybridized carbons (Fsp3) is 0.741. The summed E-state index contributed by atoms with van der Waals surface area (Å²) in [6, 6.07) is -0.662. The Morgan fingerprint density at radius 3 is 2.51 bits per heavy atom. The third kappa shape index (κ3) is 4.68. The number of ether oxygens (including phenoxy) is 1. The van der Waals surface area contributed by atoms with E-state index in [1.165, 1.54) is 0 Å². The van der Waals surface area contributed by atoms with Crippen LogP contribution >= 0.6 is 11.8 Å². The molecule has 35 heavy (non-hydrogen) atoms. The van der Waals surface area contributed by atoms with Crippen LogP contribution in [0.3, 0.4) is 0 Å². The quantitative estimate of drug-likeness (QED) is 0.326. The van der Waals surface area contributed by atoms with Gasteiger partial charge in [-0.25, -0.2) is 0 Å². The van der Waals surface area contributed by atoms with E-state index in [1.807, 2.05) is 23.1 Å². The van der Waals surface area contributed by atoms with Gasteiger partial charge in [0.25, 0.3) is 0 Å². The molecule has 2 amide bonds. The minimum Gasteiger partial charge on any atom is -0.461 e. The van der Waals surface area contributed by atoms with Gasteiger partial charge in [-0.1, -0.05) is 45.1 Å². The molecule has 4 rings (SSSR count). The van der Waals surface area contributed by atoms with Crippen molar-refractivity contribution < 1.29 is 24.2 Å². The number of thioether (sulfide) groups is 1. The number of fused-ring (bicyclic) bond motifs is 2. The van der Waals surface area contributed by atoms with Crippen molar-refractivity contribution in [2.24, 2.45) is 17.3 Å². The van der Waals surface area contributed by atoms with Crippen LogP contribution < -0.4 is 0 Å². The van der Waals surface area contributed by atoms with Crippen LogP contribution in [-0.4, -0.2) is 80.6 Å². The predicted octanol–water partition coefficient (Wildman–Crippen LogP) is 3.17. The molecular formula is C27H40N2O5S. The molecule has 0 aromatic carbocycles. The van der Waals surface area contributed by atoms with E-state index in [9.17, 15) is 19.5 Å². The van der Waals surface area contributed by atoms with Crippen LogP contribution in [0.4, 0.5) is 0 Å². The summed E-state index contributed by atoms with van der Waals surface area (Å²) in [7, 11) is 0. The average molecular weight is 505 g/mol. The Hall–Kier alpha value is -1.80. The number of carbonyl (C=O) groups is 3. The van der Waals surface area contributed by atoms with Crippen molar-refractivity contribution >= 4 is 29.5 Å². The van der Waals surface area contributed by atoms with Gasteiger partial charge in [0, 0.05) is 30.5 Å². The van der Waals surface area contributed by atoms with Gasteiger partial charge < -0.3 is 19.6 Å². The molecular weight excluding hydrogens is 464 g/mol. The Labute approximate surface area is 213 Å². The van der Waals surface area contributed by atoms with Crippen molar-refractivity contribution in [1.82, 2.24) is 9.80 Å². The Morgan fingerprint density at radius 1 is 1.09 bits per heavy atom. The number of amides is 2. The molecule has 1 spiro atoms. The van der Waals surface area contributed by atoms with Crippen LogP contribution in [0.15, 0.2) is 24.3 Å². The fourth-order valence-electron chi connectivity index (χ4n) is 6.72. The van der Waals surface area contributed by atoms with Gasteiger partial charge in [0.15, 0.2) is 0 Å². The molecule has 2 fully saturated rings. The van der Waals surface area contributed by atoms with Gasteiger partial charge in [0.05, 0.1) is 16.6 Å². The maximum absolute atomic E-state index is 14.4. The zero-order valence-electron chi connectivity index (χ0n) is 21.7. The number of hydrogen-bond donors (Lipinski definition) is 1. The third-order valence-electron chi connectivity index (χ3n) is 7.66. The van der Waals surface area contributed by atoms with Crippen molar-refractivity contribution in [1.29, 1.82) is 0 Å². The van der Waals surface area contributed by atoms with Crippen molar-refractivity contribution in [2.75, 3.05) is 26.3 Å². The monoisotopic (exact) mass is 504 g/mol. The molecule has 5 atom stereocenters. The fourth-order valence-corrected chi connectivity index (χ4v) is 8.72. The van der Waals surface area contributed by atoms with E-state index in [1.54, 1.807) is 16.7 Å². The normalized spacial score (nSPS) is 32.8. The summed E-state index contributed by atoms with van der Waals surface area (Å²) in [5.41, 5.74) is -0.374. The van der Waals surface area contributed by atoms with Gasteiger partial charge in [-0.05, 0) is 44.9 Å². The number of carbonyl (C=O) groups excluding carboxylic acids is 3. The van der Waals surface area contributed by atoms with Gasteiger partial charge in [-0.15, -0.1) is 11.8 Å². The zero-order valence-corrected chi connectivity index (χ0v) is 22.5. The SMILES string of the molecule is CC(C)(C)CC(C)(C)N1CC=C[C@]23S[C@@H]4C=CCOC(=O)[C@@H]4[C@H]2C(=O)N(CCCCCO)C3C1=O. The maximum Gasteiger partial charge on any atom is 0.311 e. The molecule has 1 unspecified atom stereocenters. The first kappa shape index (κ1) is 26.3. The number of unbranched alkanes of at least 4 members (excludes halogenated alkanes) is 2. The second-order valence-electron chi connectivity index (χ2n) is 12.1. The highest BCUT2D eigenvalue weighted by Gasteiger charge is 2.71. The lowest BCUT2D eigenvalue weighted by molar-refractivity contribution is -0.151. The van der Waals surface area contributed by atoms with E-state index in [4.69, 9.17) is 4.74 Å². The first-order valence-electron chi connectivity index (χ1n) is 12.8. The number of aliphatic hydroxyl groups excluding tert-OH is 1. The highest BCUT2D eigenvalue weighted by molar-refractivity contribution is 8.02. The number of cyclic esters (lactones) is 1. The molecule has 4 aliphatic heterocycles. The molecule has 7 nitrogen and oxygen atoms in total. The van der Waals surface area contributed by atoms with Crippen molar-refractivity contribution in [3.8, 4) is 0 Å². The maximum atomic E-state index is 14.4. The first-order chi connectivity index (χ1) is 16.4. The Bertz CT molecular complexity index is 923. The molecule has 0 aromatic heterocycles. The van der Waals surface area contributed by atoms with Gasteiger partial charge >= 0.3 is 5.97 Å². The summed E-state index contributed by atoms with van der Waals surface area (Å²) in [5.74, 6) is -1.73. The van der Waals surface area contributed by atoms with Crippen LogP contribution in [0, 0.1) is 17.3 Å². The van der Waals surface area contributed by atoms with Crippen LogP contribution in [0.2, 0.25) is 0 Å². The molecule has 4 aliphatic rings. The largest absolute Gasteiger partial charge is 0.461 e. The summed E-state index contributed by atoms with van der Waals surface area (Å²) in [5, 5.41) is 9.01. The summed E-state index contributed by atoms with van der Waals surface area (Å²) in [4.78, 5) is 45.1. The van der Waals surface area contributed by atoms with Crippen molar-refractivity contribution in [3.63, 3.8) is 0 Å². The molecule has 8 heteroatoms. The molecule has 0 bridgehead atoms. The molecule has 0 radical (unpaired) electrons. The molecule has 0 saturated carbocycles. The number of esters is 1. The minimum atomic E-state index is -0.798. The second-order valence-corrected chi connectivity index (χ2v) is 13.6. The minimum absolute atomic E-state index is 0.0271. The van der Waals surface area contributed by atoms with Gasteiger partial charge in [-0.3, -0.25) is 14.4 Å². The number of aliphatic hydroxyl groups is 1. The predicted molar refractivity (Wildman–Crippen MR) is 137 cm³/mol. The van der Waals surface area contributed by atoms with Gasteiger partial charge in [0.1, 0.15) is 12.6 Å². The van der Waals surface area contributed by atoms with Gasteiger partial charge in [0.2, 0.25) is 11.8 Å². The molecule has 0 aliphatic carbocycles. The lowest BCUT2D eigenvalue weighted by atomic mass is 9.78. The molecule has 2 saturated heterocycles. The van der Waals surface area contributed by atoms with Crippen LogP contribution in [0.25, 0.3) is 0 Å². The lowest BCUT2D eigenvalue weighted by Crippen LogP contribution is -2.58. The van der Waals surface area contributed by atoms with Crippen LogP contribution in [0.1, 0.15) is 60.3 Å². The summed E-state index contributed by atoms with van der Waals surface area (Å²) in [6.45, 7) is 12.0. The van der Waals surface area contributed by atoms with Gasteiger partial charge in [-0.2, -0.15) is 0 Å². The number of nitrogens with zero attached hydrogens (tertiary/aromatic N) is 2. The highest BCUT2D eigenvalue weighted by Crippen LogP contribution is 2.61. The third-order valence-corrected chi connectivity index (χ3v) is 9.41. The van der Waals surface area contributed by atoms with Crippen molar-refractivity contribution in [3.05, 3.63) is 24.3 Å². The lowest BCUT2D eigenvalue weighted by Gasteiger charge is -2.44. The van der Waals surface area contributed by atoms with E-state index in [0.717, 1.165) is 12.8 Å². The summed E-state index contributed by atoms with van der Waals surface area (Å²) >= 11 is 1.58. The number of rotatable bonds is 7. The van der Waals surface area contributed by atoms with E-state index >= 15 is 0 Å². The van der Waals surface area contributed by atoms with E-state index in [-0.39, 0.29) is 41.7 Å². The van der Waals surface area contributed by atoms with Crippen LogP contribution in [0.5, 0.6) is 0 Å². The number of hydrogen-bond acceptors (Lipinski definition) is 6. The van der Waals surface area contributed by atoms with E-state index < -0.39 is 28.2 Å². The summed E-state index contributed by atoms with van der Waals surface area (Å²) < 4.78 is 4.63. The highest BCUT2D eigenvalue weighted by atomic mass is 32.2. The number of likely N-dealkylation sites (tertiary alicyclic amines) is 1.